The van der Waals surface area contributed by atoms with Crippen LogP contribution in [0.1, 0.15) is 11.1 Å². The second-order valence-corrected chi connectivity index (χ2v) is 5.58. The van der Waals surface area contributed by atoms with Crippen LogP contribution >= 0.6 is 0 Å². The molecule has 0 aromatic heterocycles. The molecule has 7 heteroatoms. The molecule has 6 nitrogen and oxygen atoms in total. The third-order valence-corrected chi connectivity index (χ3v) is 3.96. The maximum atomic E-state index is 13.8. The van der Waals surface area contributed by atoms with Gasteiger partial charge in [-0.1, -0.05) is 24.3 Å². The normalized spacial score (nSPS) is 17.3. The molecule has 0 radical (unpaired) electrons. The Hall–Kier alpha value is -3.35. The van der Waals surface area contributed by atoms with Gasteiger partial charge >= 0.3 is 6.03 Å². The van der Waals surface area contributed by atoms with E-state index in [-0.39, 0.29) is 24.6 Å². The lowest BCUT2D eigenvalue weighted by Crippen LogP contribution is -2.30. The monoisotopic (exact) mass is 340 g/mol. The van der Waals surface area contributed by atoms with Gasteiger partial charge in [-0.25, -0.2) is 9.18 Å². The van der Waals surface area contributed by atoms with Crippen LogP contribution in [0.2, 0.25) is 0 Å². The van der Waals surface area contributed by atoms with Crippen LogP contribution in [0.15, 0.2) is 48.2 Å². The lowest BCUT2D eigenvalue weighted by molar-refractivity contribution is -0.123. The van der Waals surface area contributed by atoms with Crippen LogP contribution in [0, 0.1) is 5.82 Å². The lowest BCUT2D eigenvalue weighted by atomic mass is 10.1. The minimum Gasteiger partial charge on any atom is -0.454 e. The van der Waals surface area contributed by atoms with Crippen LogP contribution in [-0.4, -0.2) is 23.6 Å². The smallest absolute Gasteiger partial charge is 0.329 e. The van der Waals surface area contributed by atoms with E-state index in [2.05, 4.69) is 5.32 Å². The molecule has 0 spiro atoms. The number of halogens is 1. The van der Waals surface area contributed by atoms with Crippen LogP contribution in [0.4, 0.5) is 9.18 Å². The van der Waals surface area contributed by atoms with Crippen molar-refractivity contribution in [2.24, 2.45) is 0 Å². The maximum absolute atomic E-state index is 13.8. The van der Waals surface area contributed by atoms with Gasteiger partial charge in [-0.15, -0.1) is 0 Å². The number of nitrogens with one attached hydrogen (secondary N) is 1. The molecule has 25 heavy (non-hydrogen) atoms. The van der Waals surface area contributed by atoms with Crippen molar-refractivity contribution in [1.82, 2.24) is 10.2 Å². The summed E-state index contributed by atoms with van der Waals surface area (Å²) in [5, 5.41) is 2.51. The molecule has 2 aliphatic heterocycles. The van der Waals surface area contributed by atoms with Gasteiger partial charge in [0.05, 0.1) is 6.54 Å². The molecule has 2 aliphatic rings. The third kappa shape index (κ3) is 2.80. The van der Waals surface area contributed by atoms with Gasteiger partial charge in [-0.3, -0.25) is 9.69 Å². The fraction of sp³-hybridized carbons (Fsp3) is 0.111. The number of hydrogen-bond donors (Lipinski definition) is 1. The molecule has 2 aromatic rings. The summed E-state index contributed by atoms with van der Waals surface area (Å²) >= 11 is 0. The van der Waals surface area contributed by atoms with E-state index in [0.29, 0.717) is 17.1 Å². The first-order valence-corrected chi connectivity index (χ1v) is 7.59. The van der Waals surface area contributed by atoms with Crippen molar-refractivity contribution in [1.29, 1.82) is 0 Å². The number of benzene rings is 2. The van der Waals surface area contributed by atoms with Crippen LogP contribution in [0.25, 0.3) is 6.08 Å². The molecule has 0 aliphatic carbocycles. The van der Waals surface area contributed by atoms with Gasteiger partial charge < -0.3 is 14.8 Å². The molecule has 0 unspecified atom stereocenters. The summed E-state index contributed by atoms with van der Waals surface area (Å²) in [6.07, 6.45) is 1.55. The number of carbonyl (C=O) groups is 2. The summed E-state index contributed by atoms with van der Waals surface area (Å²) in [7, 11) is 0. The van der Waals surface area contributed by atoms with Crippen molar-refractivity contribution >= 4 is 18.0 Å². The van der Waals surface area contributed by atoms with E-state index >= 15 is 0 Å². The maximum Gasteiger partial charge on any atom is 0.329 e. The van der Waals surface area contributed by atoms with Gasteiger partial charge in [-0.2, -0.15) is 0 Å². The SMILES string of the molecule is O=C1N/C(=C\c2ccc3c(c2)OCO3)C(=O)N1Cc1ccccc1F. The Kier molecular flexibility index (Phi) is 3.61. The van der Waals surface area contributed by atoms with Crippen molar-refractivity contribution in [3.63, 3.8) is 0 Å². The van der Waals surface area contributed by atoms with Crippen LogP contribution in [0.3, 0.4) is 0 Å². The molecule has 2 aromatic carbocycles. The topological polar surface area (TPSA) is 67.9 Å². The number of rotatable bonds is 3. The van der Waals surface area contributed by atoms with E-state index in [1.165, 1.54) is 12.1 Å². The zero-order valence-corrected chi connectivity index (χ0v) is 13.0. The Morgan fingerprint density at radius 2 is 1.92 bits per heavy atom. The molecule has 0 atom stereocenters. The highest BCUT2D eigenvalue weighted by atomic mass is 19.1. The van der Waals surface area contributed by atoms with Gasteiger partial charge in [0.25, 0.3) is 5.91 Å². The summed E-state index contributed by atoms with van der Waals surface area (Å²) in [6.45, 7) is 0.0251. The van der Waals surface area contributed by atoms with Crippen molar-refractivity contribution in [3.05, 3.63) is 65.1 Å². The fourth-order valence-electron chi connectivity index (χ4n) is 2.68. The molecular weight excluding hydrogens is 327 g/mol. The first-order chi connectivity index (χ1) is 12.1. The van der Waals surface area contributed by atoms with E-state index < -0.39 is 17.8 Å². The number of fused-ring (bicyclic) bond motifs is 1. The van der Waals surface area contributed by atoms with E-state index in [9.17, 15) is 14.0 Å². The van der Waals surface area contributed by atoms with E-state index in [4.69, 9.17) is 9.47 Å². The van der Waals surface area contributed by atoms with Crippen LogP contribution in [-0.2, 0) is 11.3 Å². The second kappa shape index (κ2) is 5.94. The summed E-state index contributed by atoms with van der Waals surface area (Å²) in [5.41, 5.74) is 1.08. The predicted octanol–water partition coefficient (Wildman–Crippen LogP) is 2.65. The number of urea groups is 1. The van der Waals surface area contributed by atoms with Gasteiger partial charge in [0.2, 0.25) is 6.79 Å². The molecule has 1 fully saturated rings. The highest BCUT2D eigenvalue weighted by Crippen LogP contribution is 2.33. The number of amides is 3. The van der Waals surface area contributed by atoms with Crippen molar-refractivity contribution in [2.75, 3.05) is 6.79 Å². The standard InChI is InChI=1S/C18H13FN2O4/c19-13-4-2-1-3-12(13)9-21-17(22)14(20-18(21)23)7-11-5-6-15-16(8-11)25-10-24-15/h1-8H,9-10H2,(H,20,23)/b14-7-. The summed E-state index contributed by atoms with van der Waals surface area (Å²) < 4.78 is 24.3. The quantitative estimate of drug-likeness (QED) is 0.689. The number of imide groups is 1. The minimum absolute atomic E-state index is 0.125. The lowest BCUT2D eigenvalue weighted by Gasteiger charge is -2.12. The predicted molar refractivity (Wildman–Crippen MR) is 86.0 cm³/mol. The van der Waals surface area contributed by atoms with Gasteiger partial charge in [0.1, 0.15) is 11.5 Å². The largest absolute Gasteiger partial charge is 0.454 e. The highest BCUT2D eigenvalue weighted by Gasteiger charge is 2.34. The first kappa shape index (κ1) is 15.2. The molecule has 0 saturated carbocycles. The first-order valence-electron chi connectivity index (χ1n) is 7.59. The Morgan fingerprint density at radius 1 is 1.12 bits per heavy atom. The van der Waals surface area contributed by atoms with Crippen LogP contribution < -0.4 is 14.8 Å². The van der Waals surface area contributed by atoms with Crippen molar-refractivity contribution in [3.8, 4) is 11.5 Å². The molecule has 2 heterocycles. The van der Waals surface area contributed by atoms with Gasteiger partial charge in [-0.05, 0) is 29.8 Å². The zero-order valence-electron chi connectivity index (χ0n) is 13.0. The Morgan fingerprint density at radius 3 is 2.76 bits per heavy atom. The highest BCUT2D eigenvalue weighted by molar-refractivity contribution is 6.13. The number of carbonyl (C=O) groups excluding carboxylic acids is 2. The summed E-state index contributed by atoms with van der Waals surface area (Å²) in [5.74, 6) is 0.238. The molecule has 3 amide bonds. The van der Waals surface area contributed by atoms with E-state index in [0.717, 1.165) is 4.90 Å². The fourth-order valence-corrected chi connectivity index (χ4v) is 2.68. The van der Waals surface area contributed by atoms with Crippen molar-refractivity contribution in [2.45, 2.75) is 6.54 Å². The Labute approximate surface area is 142 Å². The number of ether oxygens (including phenoxy) is 2. The molecule has 1 saturated heterocycles. The minimum atomic E-state index is -0.583. The Bertz CT molecular complexity index is 910. The van der Waals surface area contributed by atoms with Crippen molar-refractivity contribution < 1.29 is 23.5 Å². The van der Waals surface area contributed by atoms with E-state index in [1.54, 1.807) is 36.4 Å². The Balaban J connectivity index is 1.57. The molecular formula is C18H13FN2O4. The summed E-state index contributed by atoms with van der Waals surface area (Å²) in [6, 6.07) is 10.6. The second-order valence-electron chi connectivity index (χ2n) is 5.58. The average molecular weight is 340 g/mol. The summed E-state index contributed by atoms with van der Waals surface area (Å²) in [4.78, 5) is 25.5. The van der Waals surface area contributed by atoms with E-state index in [1.807, 2.05) is 0 Å². The van der Waals surface area contributed by atoms with Crippen LogP contribution in [0.5, 0.6) is 11.5 Å². The number of hydrogen-bond acceptors (Lipinski definition) is 4. The molecule has 126 valence electrons. The van der Waals surface area contributed by atoms with Gasteiger partial charge in [0, 0.05) is 5.56 Å². The number of nitrogens with zero attached hydrogens (tertiary/aromatic N) is 1. The third-order valence-electron chi connectivity index (χ3n) is 3.96. The average Bonchev–Trinajstić information content (AvgIpc) is 3.16. The molecule has 4 rings (SSSR count). The van der Waals surface area contributed by atoms with Gasteiger partial charge in [0.15, 0.2) is 11.5 Å². The molecule has 0 bridgehead atoms. The molecule has 1 N–H and O–H groups in total. The zero-order chi connectivity index (χ0) is 17.4.